The van der Waals surface area contributed by atoms with Crippen LogP contribution in [0.15, 0.2) is 21.9 Å². The van der Waals surface area contributed by atoms with Gasteiger partial charge in [0.2, 0.25) is 5.91 Å². The van der Waals surface area contributed by atoms with Gasteiger partial charge in [-0.2, -0.15) is 0 Å². The molecule has 2 aromatic heterocycles. The van der Waals surface area contributed by atoms with Crippen LogP contribution in [0.4, 0.5) is 0 Å². The van der Waals surface area contributed by atoms with E-state index in [0.29, 0.717) is 6.54 Å². The van der Waals surface area contributed by atoms with Crippen molar-refractivity contribution in [2.75, 3.05) is 13.1 Å². The van der Waals surface area contributed by atoms with Crippen molar-refractivity contribution in [2.24, 2.45) is 11.3 Å². The Hall–Kier alpha value is -1.08. The lowest BCUT2D eigenvalue weighted by atomic mass is 9.92. The molecule has 1 spiro atoms. The van der Waals surface area contributed by atoms with Gasteiger partial charge in [-0.3, -0.25) is 4.79 Å². The smallest absolute Gasteiger partial charge is 0.224 e. The summed E-state index contributed by atoms with van der Waals surface area (Å²) in [7, 11) is 0. The summed E-state index contributed by atoms with van der Waals surface area (Å²) < 4.78 is 5.79. The summed E-state index contributed by atoms with van der Waals surface area (Å²) in [6.45, 7) is 4.51. The second-order valence-electron chi connectivity index (χ2n) is 6.60. The number of amides is 1. The third-order valence-corrected chi connectivity index (χ3v) is 5.85. The highest BCUT2D eigenvalue weighted by Crippen LogP contribution is 2.58. The quantitative estimate of drug-likeness (QED) is 0.818. The van der Waals surface area contributed by atoms with Crippen LogP contribution in [0.2, 0.25) is 0 Å². The molecule has 2 fully saturated rings. The lowest BCUT2D eigenvalue weighted by Gasteiger charge is -2.23. The Bertz CT molecular complexity index is 725. The fourth-order valence-corrected chi connectivity index (χ4v) is 4.18. The van der Waals surface area contributed by atoms with E-state index in [1.165, 1.54) is 0 Å². The number of aryl methyl sites for hydroxylation is 1. The highest BCUT2D eigenvalue weighted by atomic mass is 35.5. The number of halogens is 2. The molecule has 1 saturated carbocycles. The van der Waals surface area contributed by atoms with Gasteiger partial charge in [0.1, 0.15) is 11.5 Å². The maximum absolute atomic E-state index is 12.3. The summed E-state index contributed by atoms with van der Waals surface area (Å²) in [5.74, 6) is 1.91. The molecule has 4 rings (SSSR count). The van der Waals surface area contributed by atoms with E-state index >= 15 is 0 Å². The zero-order valence-corrected chi connectivity index (χ0v) is 16.5. The topological polar surface area (TPSA) is 67.2 Å². The number of carbonyl (C=O) groups is 1. The highest BCUT2D eigenvalue weighted by Gasteiger charge is 2.57. The van der Waals surface area contributed by atoms with Crippen LogP contribution in [0.5, 0.6) is 0 Å². The minimum absolute atomic E-state index is 0. The summed E-state index contributed by atoms with van der Waals surface area (Å²) in [6, 6.07) is 3.83. The molecule has 1 aliphatic heterocycles. The molecule has 5 nitrogen and oxygen atoms in total. The van der Waals surface area contributed by atoms with E-state index in [4.69, 9.17) is 4.42 Å². The molecule has 2 aromatic rings. The van der Waals surface area contributed by atoms with Gasteiger partial charge in [-0.05, 0) is 56.8 Å². The number of nitrogens with one attached hydrogen (secondary N) is 2. The van der Waals surface area contributed by atoms with Crippen molar-refractivity contribution in [1.82, 2.24) is 15.6 Å². The number of aromatic nitrogens is 1. The minimum atomic E-state index is 0. The Morgan fingerprint density at radius 3 is 2.84 bits per heavy atom. The Kier molecular flexibility index (Phi) is 6.54. The van der Waals surface area contributed by atoms with Crippen molar-refractivity contribution >= 4 is 42.1 Å². The molecule has 138 valence electrons. The summed E-state index contributed by atoms with van der Waals surface area (Å²) in [6.07, 6.45) is 3.29. The van der Waals surface area contributed by atoms with Crippen LogP contribution in [0, 0.1) is 18.3 Å². The van der Waals surface area contributed by atoms with Gasteiger partial charge in [-0.15, -0.1) is 36.2 Å². The van der Waals surface area contributed by atoms with Crippen LogP contribution in [-0.2, 0) is 11.3 Å². The monoisotopic (exact) mass is 403 g/mol. The van der Waals surface area contributed by atoms with E-state index in [1.807, 2.05) is 24.4 Å². The van der Waals surface area contributed by atoms with E-state index in [-0.39, 0.29) is 42.1 Å². The molecule has 3 heterocycles. The van der Waals surface area contributed by atoms with E-state index in [9.17, 15) is 4.79 Å². The standard InChI is InChI=1S/C17H21N3O2S.2ClH/c1-11-20-14(10-23-11)15-3-2-12(22-15)9-19-16(21)13-8-17(13)4-6-18-7-5-17;;/h2-3,10,13,18H,4-9H2,1H3,(H,19,21);2*1H. The number of thiazole rings is 1. The zero-order chi connectivity index (χ0) is 15.9. The average molecular weight is 404 g/mol. The zero-order valence-electron chi connectivity index (χ0n) is 14.0. The number of hydrogen-bond donors (Lipinski definition) is 2. The molecule has 8 heteroatoms. The molecule has 1 saturated heterocycles. The molecular weight excluding hydrogens is 381 g/mol. The molecule has 1 amide bonds. The normalized spacial score (nSPS) is 20.4. The predicted octanol–water partition coefficient (Wildman–Crippen LogP) is 3.56. The van der Waals surface area contributed by atoms with Crippen LogP contribution in [-0.4, -0.2) is 24.0 Å². The summed E-state index contributed by atoms with van der Waals surface area (Å²) in [4.78, 5) is 16.8. The van der Waals surface area contributed by atoms with Crippen molar-refractivity contribution in [3.8, 4) is 11.5 Å². The van der Waals surface area contributed by atoms with Crippen molar-refractivity contribution in [1.29, 1.82) is 0 Å². The molecule has 1 aliphatic carbocycles. The molecule has 0 radical (unpaired) electrons. The molecule has 2 aliphatic rings. The first kappa shape index (κ1) is 20.2. The van der Waals surface area contributed by atoms with Gasteiger partial charge in [-0.1, -0.05) is 0 Å². The van der Waals surface area contributed by atoms with Crippen LogP contribution >= 0.6 is 36.2 Å². The summed E-state index contributed by atoms with van der Waals surface area (Å²) >= 11 is 1.61. The third-order valence-electron chi connectivity index (χ3n) is 5.08. The summed E-state index contributed by atoms with van der Waals surface area (Å²) in [5, 5.41) is 9.41. The van der Waals surface area contributed by atoms with Crippen LogP contribution in [0.1, 0.15) is 30.0 Å². The molecule has 1 unspecified atom stereocenters. The van der Waals surface area contributed by atoms with Crippen LogP contribution in [0.25, 0.3) is 11.5 Å². The number of rotatable bonds is 4. The minimum Gasteiger partial charge on any atom is -0.458 e. The van der Waals surface area contributed by atoms with Gasteiger partial charge in [0.05, 0.1) is 11.6 Å². The Balaban J connectivity index is 0.00000113. The molecule has 2 N–H and O–H groups in total. The van der Waals surface area contributed by atoms with E-state index in [1.54, 1.807) is 11.3 Å². The van der Waals surface area contributed by atoms with Crippen molar-refractivity contribution in [3.63, 3.8) is 0 Å². The first-order valence-corrected chi connectivity index (χ1v) is 9.04. The first-order chi connectivity index (χ1) is 11.2. The summed E-state index contributed by atoms with van der Waals surface area (Å²) in [5.41, 5.74) is 1.14. The van der Waals surface area contributed by atoms with Gasteiger partial charge in [0.25, 0.3) is 0 Å². The van der Waals surface area contributed by atoms with Crippen molar-refractivity contribution < 1.29 is 9.21 Å². The molecule has 0 bridgehead atoms. The van der Waals surface area contributed by atoms with Crippen LogP contribution in [0.3, 0.4) is 0 Å². The van der Waals surface area contributed by atoms with Gasteiger partial charge in [-0.25, -0.2) is 4.98 Å². The second-order valence-corrected chi connectivity index (χ2v) is 7.67. The molecule has 25 heavy (non-hydrogen) atoms. The van der Waals surface area contributed by atoms with E-state index in [0.717, 1.165) is 54.6 Å². The first-order valence-electron chi connectivity index (χ1n) is 8.16. The number of furan rings is 1. The number of carbonyl (C=O) groups excluding carboxylic acids is 1. The fourth-order valence-electron chi connectivity index (χ4n) is 3.58. The third kappa shape index (κ3) is 4.19. The Morgan fingerprint density at radius 2 is 2.16 bits per heavy atom. The number of nitrogens with zero attached hydrogens (tertiary/aromatic N) is 1. The fraction of sp³-hybridized carbons (Fsp3) is 0.529. The molecule has 0 aromatic carbocycles. The average Bonchev–Trinajstić information content (AvgIpc) is 2.94. The van der Waals surface area contributed by atoms with Gasteiger partial charge in [0, 0.05) is 11.3 Å². The van der Waals surface area contributed by atoms with E-state index < -0.39 is 0 Å². The highest BCUT2D eigenvalue weighted by molar-refractivity contribution is 7.09. The maximum atomic E-state index is 12.3. The Labute approximate surface area is 163 Å². The maximum Gasteiger partial charge on any atom is 0.224 e. The largest absolute Gasteiger partial charge is 0.458 e. The van der Waals surface area contributed by atoms with E-state index in [2.05, 4.69) is 15.6 Å². The Morgan fingerprint density at radius 1 is 1.40 bits per heavy atom. The second kappa shape index (κ2) is 8.08. The van der Waals surface area contributed by atoms with Gasteiger partial charge >= 0.3 is 0 Å². The number of piperidine rings is 1. The lowest BCUT2D eigenvalue weighted by molar-refractivity contribution is -0.123. The predicted molar refractivity (Wildman–Crippen MR) is 104 cm³/mol. The molecular formula is C17H23Cl2N3O2S. The SMILES string of the molecule is Cc1nc(-c2ccc(CNC(=O)C3CC34CCNCC4)o2)cs1.Cl.Cl. The van der Waals surface area contributed by atoms with Gasteiger partial charge in [0.15, 0.2) is 5.76 Å². The van der Waals surface area contributed by atoms with Gasteiger partial charge < -0.3 is 15.1 Å². The van der Waals surface area contributed by atoms with Crippen molar-refractivity contribution in [3.05, 3.63) is 28.3 Å². The lowest BCUT2D eigenvalue weighted by Crippen LogP contribution is -2.33. The molecule has 1 atom stereocenters. The van der Waals surface area contributed by atoms with Crippen molar-refractivity contribution in [2.45, 2.75) is 32.7 Å². The number of hydrogen-bond acceptors (Lipinski definition) is 5. The van der Waals surface area contributed by atoms with Crippen LogP contribution < -0.4 is 10.6 Å².